The van der Waals surface area contributed by atoms with Crippen LogP contribution in [0.2, 0.25) is 5.02 Å². The van der Waals surface area contributed by atoms with E-state index < -0.39 is 0 Å². The average molecular weight is 363 g/mol. The fourth-order valence-corrected chi connectivity index (χ4v) is 2.76. The van der Waals surface area contributed by atoms with E-state index in [0.717, 1.165) is 43.5 Å². The van der Waals surface area contributed by atoms with Gasteiger partial charge in [-0.15, -0.1) is 24.8 Å². The second-order valence-corrected chi connectivity index (χ2v) is 5.36. The van der Waals surface area contributed by atoms with Crippen LogP contribution in [0.3, 0.4) is 0 Å². The van der Waals surface area contributed by atoms with Crippen LogP contribution in [-0.2, 0) is 0 Å². The maximum Gasteiger partial charge on any atom is 0.256 e. The van der Waals surface area contributed by atoms with E-state index in [1.165, 1.54) is 0 Å². The number of nitrogens with one attached hydrogen (secondary N) is 1. The Morgan fingerprint density at radius 1 is 1.23 bits per heavy atom. The molecule has 0 unspecified atom stereocenters. The summed E-state index contributed by atoms with van der Waals surface area (Å²) in [6, 6.07) is 7.33. The molecule has 4 nitrogen and oxygen atoms in total. The second-order valence-electron chi connectivity index (χ2n) is 4.92. The molecule has 1 saturated heterocycles. The lowest BCUT2D eigenvalue weighted by molar-refractivity contribution is 0.0768. The van der Waals surface area contributed by atoms with E-state index in [2.05, 4.69) is 10.3 Å². The number of nitrogens with zero attached hydrogens (tertiary/aromatic N) is 2. The fraction of sp³-hybridized carbons (Fsp3) is 0.333. The van der Waals surface area contributed by atoms with E-state index in [1.54, 1.807) is 12.3 Å². The molecule has 7 heteroatoms. The topological polar surface area (TPSA) is 45.2 Å². The van der Waals surface area contributed by atoms with Crippen LogP contribution in [0, 0.1) is 0 Å². The zero-order valence-electron chi connectivity index (χ0n) is 11.9. The van der Waals surface area contributed by atoms with Crippen LogP contribution in [0.25, 0.3) is 10.9 Å². The Hall–Kier alpha value is -1.07. The maximum absolute atomic E-state index is 12.7. The quantitative estimate of drug-likeness (QED) is 0.847. The fourth-order valence-electron chi connectivity index (χ4n) is 2.54. The van der Waals surface area contributed by atoms with E-state index in [0.29, 0.717) is 10.6 Å². The number of amides is 1. The molecule has 1 aliphatic heterocycles. The summed E-state index contributed by atoms with van der Waals surface area (Å²) >= 11 is 6.13. The number of pyridine rings is 1. The van der Waals surface area contributed by atoms with Crippen LogP contribution in [-0.4, -0.2) is 42.0 Å². The van der Waals surface area contributed by atoms with Crippen molar-refractivity contribution in [1.82, 2.24) is 15.2 Å². The van der Waals surface area contributed by atoms with Gasteiger partial charge in [0, 0.05) is 36.2 Å². The van der Waals surface area contributed by atoms with Gasteiger partial charge in [-0.05, 0) is 31.2 Å². The molecule has 2 heterocycles. The molecule has 0 aliphatic carbocycles. The molecular formula is C15H18Cl3N3O. The van der Waals surface area contributed by atoms with Crippen molar-refractivity contribution in [2.24, 2.45) is 0 Å². The van der Waals surface area contributed by atoms with Gasteiger partial charge in [-0.25, -0.2) is 0 Å². The van der Waals surface area contributed by atoms with E-state index in [-0.39, 0.29) is 30.7 Å². The monoisotopic (exact) mass is 361 g/mol. The predicted octanol–water partition coefficient (Wildman–Crippen LogP) is 3.17. The first-order chi connectivity index (χ1) is 9.75. The van der Waals surface area contributed by atoms with Crippen molar-refractivity contribution in [2.75, 3.05) is 26.2 Å². The molecule has 1 fully saturated rings. The van der Waals surface area contributed by atoms with Gasteiger partial charge in [0.25, 0.3) is 5.91 Å². The highest BCUT2D eigenvalue weighted by Crippen LogP contribution is 2.23. The summed E-state index contributed by atoms with van der Waals surface area (Å²) < 4.78 is 0. The number of carbonyl (C=O) groups is 1. The van der Waals surface area contributed by atoms with Gasteiger partial charge in [0.2, 0.25) is 0 Å². The Labute approximate surface area is 147 Å². The third kappa shape index (κ3) is 4.02. The Bertz CT molecular complexity index is 643. The van der Waals surface area contributed by atoms with Crippen molar-refractivity contribution in [1.29, 1.82) is 0 Å². The van der Waals surface area contributed by atoms with Crippen molar-refractivity contribution < 1.29 is 4.79 Å². The van der Waals surface area contributed by atoms with E-state index in [9.17, 15) is 4.79 Å². The molecule has 1 amide bonds. The smallest absolute Gasteiger partial charge is 0.256 e. The van der Waals surface area contributed by atoms with Gasteiger partial charge in [-0.2, -0.15) is 0 Å². The van der Waals surface area contributed by atoms with Crippen LogP contribution in [0.15, 0.2) is 30.5 Å². The zero-order chi connectivity index (χ0) is 13.9. The summed E-state index contributed by atoms with van der Waals surface area (Å²) in [7, 11) is 0. The zero-order valence-corrected chi connectivity index (χ0v) is 14.3. The summed E-state index contributed by atoms with van der Waals surface area (Å²) in [6.07, 6.45) is 2.68. The lowest BCUT2D eigenvalue weighted by atomic mass is 10.1. The molecule has 22 heavy (non-hydrogen) atoms. The molecule has 1 aromatic carbocycles. The minimum absolute atomic E-state index is 0. The summed E-state index contributed by atoms with van der Waals surface area (Å²) in [6.45, 7) is 3.28. The number of hydrogen-bond donors (Lipinski definition) is 1. The number of rotatable bonds is 1. The first-order valence-corrected chi connectivity index (χ1v) is 7.18. The molecule has 120 valence electrons. The molecular weight excluding hydrogens is 345 g/mol. The normalized spacial score (nSPS) is 14.7. The number of fused-ring (bicyclic) bond motifs is 1. The van der Waals surface area contributed by atoms with Gasteiger partial charge in [0.05, 0.1) is 11.1 Å². The largest absolute Gasteiger partial charge is 0.337 e. The Morgan fingerprint density at radius 3 is 2.86 bits per heavy atom. The van der Waals surface area contributed by atoms with E-state index in [1.807, 2.05) is 23.1 Å². The number of carbonyl (C=O) groups excluding carboxylic acids is 1. The van der Waals surface area contributed by atoms with Crippen molar-refractivity contribution in [2.45, 2.75) is 6.42 Å². The third-order valence-electron chi connectivity index (χ3n) is 3.53. The second kappa shape index (κ2) is 8.53. The molecule has 3 rings (SSSR count). The van der Waals surface area contributed by atoms with E-state index in [4.69, 9.17) is 11.6 Å². The number of aromatic nitrogens is 1. The minimum Gasteiger partial charge on any atom is -0.337 e. The van der Waals surface area contributed by atoms with Gasteiger partial charge >= 0.3 is 0 Å². The van der Waals surface area contributed by atoms with Crippen LogP contribution in [0.4, 0.5) is 0 Å². The summed E-state index contributed by atoms with van der Waals surface area (Å²) in [5, 5.41) is 4.77. The first kappa shape index (κ1) is 19.0. The van der Waals surface area contributed by atoms with Crippen LogP contribution in [0.5, 0.6) is 0 Å². The Kier molecular flexibility index (Phi) is 7.36. The highest BCUT2D eigenvalue weighted by Gasteiger charge is 2.20. The maximum atomic E-state index is 12.7. The average Bonchev–Trinajstić information content (AvgIpc) is 2.74. The van der Waals surface area contributed by atoms with E-state index >= 15 is 0 Å². The highest BCUT2D eigenvalue weighted by atomic mass is 35.5. The standard InChI is InChI=1S/C15H16ClN3O.2ClH/c16-12-9-11-3-1-5-18-14(11)13(10-12)15(20)19-7-2-4-17-6-8-19;;/h1,3,5,9-10,17H,2,4,6-8H2;2*1H. The van der Waals surface area contributed by atoms with Crippen LogP contribution in [0.1, 0.15) is 16.8 Å². The Morgan fingerprint density at radius 2 is 2.05 bits per heavy atom. The predicted molar refractivity (Wildman–Crippen MR) is 94.6 cm³/mol. The van der Waals surface area contributed by atoms with Crippen LogP contribution < -0.4 is 5.32 Å². The number of hydrogen-bond acceptors (Lipinski definition) is 3. The van der Waals surface area contributed by atoms with Crippen molar-refractivity contribution in [3.8, 4) is 0 Å². The number of benzene rings is 1. The van der Waals surface area contributed by atoms with Crippen molar-refractivity contribution in [3.63, 3.8) is 0 Å². The molecule has 1 N–H and O–H groups in total. The molecule has 0 saturated carbocycles. The van der Waals surface area contributed by atoms with Gasteiger partial charge in [0.1, 0.15) is 0 Å². The molecule has 0 spiro atoms. The highest BCUT2D eigenvalue weighted by molar-refractivity contribution is 6.32. The summed E-state index contributed by atoms with van der Waals surface area (Å²) in [4.78, 5) is 18.9. The lowest BCUT2D eigenvalue weighted by Crippen LogP contribution is -2.34. The number of halogens is 3. The molecule has 0 atom stereocenters. The SMILES string of the molecule is Cl.Cl.O=C(c1cc(Cl)cc2cccnc12)N1CCCNCC1. The van der Waals surface area contributed by atoms with Crippen molar-refractivity contribution in [3.05, 3.63) is 41.0 Å². The molecule has 0 bridgehead atoms. The Balaban J connectivity index is 0.00000121. The molecule has 0 radical (unpaired) electrons. The molecule has 1 aliphatic rings. The minimum atomic E-state index is 0. The lowest BCUT2D eigenvalue weighted by Gasteiger charge is -2.20. The van der Waals surface area contributed by atoms with Gasteiger partial charge in [-0.1, -0.05) is 17.7 Å². The third-order valence-corrected chi connectivity index (χ3v) is 3.75. The first-order valence-electron chi connectivity index (χ1n) is 6.80. The van der Waals surface area contributed by atoms with Gasteiger partial charge in [0.15, 0.2) is 0 Å². The molecule has 1 aromatic heterocycles. The van der Waals surface area contributed by atoms with Crippen molar-refractivity contribution >= 4 is 53.2 Å². The van der Waals surface area contributed by atoms with Gasteiger partial charge in [-0.3, -0.25) is 9.78 Å². The summed E-state index contributed by atoms with van der Waals surface area (Å²) in [5.74, 6) is 0.0138. The molecule has 2 aromatic rings. The van der Waals surface area contributed by atoms with Gasteiger partial charge < -0.3 is 10.2 Å². The van der Waals surface area contributed by atoms with Crippen LogP contribution >= 0.6 is 36.4 Å². The summed E-state index contributed by atoms with van der Waals surface area (Å²) in [5.41, 5.74) is 1.31.